The molecule has 0 saturated carbocycles. The summed E-state index contributed by atoms with van der Waals surface area (Å²) in [6.45, 7) is 3.28. The highest BCUT2D eigenvalue weighted by Crippen LogP contribution is 2.12. The van der Waals surface area contributed by atoms with Gasteiger partial charge in [-0.25, -0.2) is 9.67 Å². The van der Waals surface area contributed by atoms with Crippen molar-refractivity contribution < 1.29 is 0 Å². The second-order valence-corrected chi connectivity index (χ2v) is 3.53. The van der Waals surface area contributed by atoms with Gasteiger partial charge in [0.05, 0.1) is 0 Å². The fraction of sp³-hybridized carbons (Fsp3) is 0.400. The smallest absolute Gasteiger partial charge is 0.200 e. The molecule has 0 aromatic carbocycles. The van der Waals surface area contributed by atoms with Gasteiger partial charge in [0.1, 0.15) is 5.69 Å². The molecule has 6 heteroatoms. The molecule has 0 bridgehead atoms. The molecule has 0 atom stereocenters. The molecular formula is C10H14N6. The normalized spacial score (nSPS) is 10.6. The van der Waals surface area contributed by atoms with Crippen molar-refractivity contribution in [2.24, 2.45) is 5.73 Å². The van der Waals surface area contributed by atoms with Crippen LogP contribution in [0.2, 0.25) is 0 Å². The van der Waals surface area contributed by atoms with Crippen molar-refractivity contribution in [1.29, 1.82) is 0 Å². The molecule has 2 aromatic heterocycles. The van der Waals surface area contributed by atoms with Gasteiger partial charge in [0.15, 0.2) is 0 Å². The lowest BCUT2D eigenvalue weighted by Crippen LogP contribution is -2.09. The average Bonchev–Trinajstić information content (AvgIpc) is 2.74. The maximum absolute atomic E-state index is 5.46. The Morgan fingerprint density at radius 2 is 2.25 bits per heavy atom. The maximum atomic E-state index is 5.46. The summed E-state index contributed by atoms with van der Waals surface area (Å²) in [6.07, 6.45) is 0.851. The van der Waals surface area contributed by atoms with Crippen LogP contribution in [0, 0.1) is 6.92 Å². The fourth-order valence-electron chi connectivity index (χ4n) is 1.45. The topological polar surface area (TPSA) is 82.5 Å². The van der Waals surface area contributed by atoms with E-state index >= 15 is 0 Å². The zero-order chi connectivity index (χ0) is 11.4. The van der Waals surface area contributed by atoms with Crippen LogP contribution in [0.1, 0.15) is 12.1 Å². The van der Waals surface area contributed by atoms with Gasteiger partial charge in [0, 0.05) is 12.2 Å². The van der Waals surface area contributed by atoms with Crippen LogP contribution in [0.25, 0.3) is 11.5 Å². The summed E-state index contributed by atoms with van der Waals surface area (Å²) in [6, 6.07) is 5.79. The molecule has 6 nitrogen and oxygen atoms in total. The van der Waals surface area contributed by atoms with Crippen molar-refractivity contribution in [3.63, 3.8) is 0 Å². The Balaban J connectivity index is 2.29. The molecule has 0 amide bonds. The van der Waals surface area contributed by atoms with E-state index in [2.05, 4.69) is 20.5 Å². The van der Waals surface area contributed by atoms with Crippen LogP contribution >= 0.6 is 0 Å². The Morgan fingerprint density at radius 1 is 1.38 bits per heavy atom. The number of pyridine rings is 1. The number of tetrazole rings is 1. The van der Waals surface area contributed by atoms with Gasteiger partial charge < -0.3 is 5.73 Å². The van der Waals surface area contributed by atoms with E-state index in [4.69, 9.17) is 5.73 Å². The highest BCUT2D eigenvalue weighted by atomic mass is 15.5. The lowest BCUT2D eigenvalue weighted by molar-refractivity contribution is 0.568. The first-order valence-electron chi connectivity index (χ1n) is 5.21. The quantitative estimate of drug-likeness (QED) is 0.802. The minimum absolute atomic E-state index is 0.626. The van der Waals surface area contributed by atoms with E-state index in [-0.39, 0.29) is 0 Å². The third-order valence-corrected chi connectivity index (χ3v) is 2.22. The zero-order valence-corrected chi connectivity index (χ0v) is 9.17. The molecule has 0 unspecified atom stereocenters. The van der Waals surface area contributed by atoms with E-state index in [1.165, 1.54) is 0 Å². The summed E-state index contributed by atoms with van der Waals surface area (Å²) in [7, 11) is 0. The van der Waals surface area contributed by atoms with Crippen molar-refractivity contribution in [2.45, 2.75) is 19.9 Å². The molecular weight excluding hydrogens is 204 g/mol. The summed E-state index contributed by atoms with van der Waals surface area (Å²) in [5.41, 5.74) is 7.20. The molecule has 0 spiro atoms. The summed E-state index contributed by atoms with van der Waals surface area (Å²) in [5.74, 6) is 0.692. The highest BCUT2D eigenvalue weighted by molar-refractivity contribution is 5.48. The van der Waals surface area contributed by atoms with Crippen LogP contribution < -0.4 is 5.73 Å². The Hall–Kier alpha value is -1.82. The van der Waals surface area contributed by atoms with Gasteiger partial charge >= 0.3 is 0 Å². The first kappa shape index (κ1) is 10.7. The predicted octanol–water partition coefficient (Wildman–Crippen LogP) is 0.392. The summed E-state index contributed by atoms with van der Waals surface area (Å²) in [4.78, 5) is 4.39. The Labute approximate surface area is 93.5 Å². The first-order chi connectivity index (χ1) is 7.81. The fourth-order valence-corrected chi connectivity index (χ4v) is 1.45. The Bertz CT molecular complexity index is 464. The SMILES string of the molecule is Cc1cccc(-c2nnnn2CCCN)n1. The second-order valence-electron chi connectivity index (χ2n) is 3.53. The maximum Gasteiger partial charge on any atom is 0.200 e. The average molecular weight is 218 g/mol. The molecule has 0 aliphatic heterocycles. The second kappa shape index (κ2) is 4.80. The monoisotopic (exact) mass is 218 g/mol. The first-order valence-corrected chi connectivity index (χ1v) is 5.21. The Morgan fingerprint density at radius 3 is 3.00 bits per heavy atom. The molecule has 2 N–H and O–H groups in total. The van der Waals surface area contributed by atoms with Gasteiger partial charge in [-0.1, -0.05) is 6.07 Å². The number of hydrogen-bond acceptors (Lipinski definition) is 5. The summed E-state index contributed by atoms with van der Waals surface area (Å²) in [5, 5.41) is 11.6. The van der Waals surface area contributed by atoms with E-state index < -0.39 is 0 Å². The van der Waals surface area contributed by atoms with Gasteiger partial charge in [-0.2, -0.15) is 0 Å². The third kappa shape index (κ3) is 2.22. The van der Waals surface area contributed by atoms with E-state index in [9.17, 15) is 0 Å². The number of nitrogens with zero attached hydrogens (tertiary/aromatic N) is 5. The van der Waals surface area contributed by atoms with Crippen LogP contribution in [-0.2, 0) is 6.54 Å². The predicted molar refractivity (Wildman–Crippen MR) is 59.5 cm³/mol. The molecule has 0 saturated heterocycles. The summed E-state index contributed by atoms with van der Waals surface area (Å²) >= 11 is 0. The van der Waals surface area contributed by atoms with E-state index in [0.29, 0.717) is 18.9 Å². The van der Waals surface area contributed by atoms with Crippen LogP contribution in [0.3, 0.4) is 0 Å². The molecule has 0 aliphatic rings. The molecule has 2 rings (SSSR count). The molecule has 0 radical (unpaired) electrons. The third-order valence-electron chi connectivity index (χ3n) is 2.22. The Kier molecular flexibility index (Phi) is 3.21. The van der Waals surface area contributed by atoms with Gasteiger partial charge in [0.2, 0.25) is 5.82 Å². The van der Waals surface area contributed by atoms with Crippen molar-refractivity contribution in [3.05, 3.63) is 23.9 Å². The van der Waals surface area contributed by atoms with Crippen LogP contribution in [0.5, 0.6) is 0 Å². The number of hydrogen-bond donors (Lipinski definition) is 1. The van der Waals surface area contributed by atoms with E-state index in [1.807, 2.05) is 25.1 Å². The van der Waals surface area contributed by atoms with Gasteiger partial charge in [-0.3, -0.25) is 0 Å². The standard InChI is InChI=1S/C10H14N6/c1-8-4-2-5-9(12-8)10-13-14-15-16(10)7-3-6-11/h2,4-5H,3,6-7,11H2,1H3. The van der Waals surface area contributed by atoms with Crippen molar-refractivity contribution in [2.75, 3.05) is 6.54 Å². The van der Waals surface area contributed by atoms with Gasteiger partial charge in [-0.05, 0) is 42.4 Å². The van der Waals surface area contributed by atoms with Crippen molar-refractivity contribution in [1.82, 2.24) is 25.2 Å². The molecule has 2 heterocycles. The van der Waals surface area contributed by atoms with Crippen LogP contribution in [0.4, 0.5) is 0 Å². The minimum atomic E-state index is 0.626. The van der Waals surface area contributed by atoms with Crippen molar-refractivity contribution >= 4 is 0 Å². The molecule has 0 aliphatic carbocycles. The number of aromatic nitrogens is 5. The zero-order valence-electron chi connectivity index (χ0n) is 9.17. The molecule has 2 aromatic rings. The van der Waals surface area contributed by atoms with E-state index in [0.717, 1.165) is 17.8 Å². The number of aryl methyl sites for hydroxylation is 2. The number of rotatable bonds is 4. The molecule has 84 valence electrons. The molecule has 0 fully saturated rings. The minimum Gasteiger partial charge on any atom is -0.330 e. The lowest BCUT2D eigenvalue weighted by atomic mass is 10.3. The van der Waals surface area contributed by atoms with E-state index in [1.54, 1.807) is 4.68 Å². The van der Waals surface area contributed by atoms with Gasteiger partial charge in [-0.15, -0.1) is 5.10 Å². The van der Waals surface area contributed by atoms with Gasteiger partial charge in [0.25, 0.3) is 0 Å². The largest absolute Gasteiger partial charge is 0.330 e. The van der Waals surface area contributed by atoms with Crippen LogP contribution in [-0.4, -0.2) is 31.7 Å². The highest BCUT2D eigenvalue weighted by Gasteiger charge is 2.09. The summed E-state index contributed by atoms with van der Waals surface area (Å²) < 4.78 is 1.73. The van der Waals surface area contributed by atoms with Crippen LogP contribution in [0.15, 0.2) is 18.2 Å². The lowest BCUT2D eigenvalue weighted by Gasteiger charge is -2.03. The van der Waals surface area contributed by atoms with Crippen molar-refractivity contribution in [3.8, 4) is 11.5 Å². The number of nitrogens with two attached hydrogens (primary N) is 1. The molecule has 16 heavy (non-hydrogen) atoms.